The highest BCUT2D eigenvalue weighted by molar-refractivity contribution is 5.36. The third-order valence-corrected chi connectivity index (χ3v) is 3.50. The Labute approximate surface area is 132 Å². The van der Waals surface area contributed by atoms with Crippen LogP contribution in [0.15, 0.2) is 60.7 Å². The Bertz CT molecular complexity index is 687. The highest BCUT2D eigenvalue weighted by Crippen LogP contribution is 2.44. The molecule has 0 bridgehead atoms. The predicted octanol–water partition coefficient (Wildman–Crippen LogP) is 3.10. The molecule has 5 heteroatoms. The lowest BCUT2D eigenvalue weighted by atomic mass is 9.81. The van der Waals surface area contributed by atoms with E-state index in [0.717, 1.165) is 0 Å². The summed E-state index contributed by atoms with van der Waals surface area (Å²) < 4.78 is 40.6. The zero-order chi connectivity index (χ0) is 16.9. The molecule has 23 heavy (non-hydrogen) atoms. The fourth-order valence-corrected chi connectivity index (χ4v) is 2.23. The van der Waals surface area contributed by atoms with E-state index in [9.17, 15) is 23.4 Å². The molecular formula is C18H15F3O2. The van der Waals surface area contributed by atoms with Crippen molar-refractivity contribution >= 4 is 0 Å². The zero-order valence-corrected chi connectivity index (χ0v) is 12.1. The molecule has 2 rings (SSSR count). The van der Waals surface area contributed by atoms with E-state index in [1.807, 2.05) is 0 Å². The molecule has 0 amide bonds. The van der Waals surface area contributed by atoms with Gasteiger partial charge in [-0.3, -0.25) is 0 Å². The molecule has 120 valence electrons. The summed E-state index contributed by atoms with van der Waals surface area (Å²) in [6.07, 6.45) is -4.98. The van der Waals surface area contributed by atoms with Gasteiger partial charge in [-0.25, -0.2) is 0 Å². The van der Waals surface area contributed by atoms with E-state index in [1.54, 1.807) is 36.4 Å². The molecule has 0 saturated heterocycles. The van der Waals surface area contributed by atoms with Crippen molar-refractivity contribution in [3.8, 4) is 11.8 Å². The first kappa shape index (κ1) is 17.1. The maximum absolute atomic E-state index is 13.5. The van der Waals surface area contributed by atoms with Crippen LogP contribution in [0.25, 0.3) is 0 Å². The van der Waals surface area contributed by atoms with Crippen molar-refractivity contribution in [2.75, 3.05) is 6.61 Å². The SMILES string of the molecule is OC[C@H](C#Cc1ccccc1)[C@](O)(c1ccccc1)C(F)(F)F. The number of aliphatic hydroxyl groups is 2. The second-order valence-electron chi connectivity index (χ2n) is 5.00. The monoisotopic (exact) mass is 320 g/mol. The first-order chi connectivity index (χ1) is 10.9. The van der Waals surface area contributed by atoms with E-state index >= 15 is 0 Å². The summed E-state index contributed by atoms with van der Waals surface area (Å²) in [6.45, 7) is -0.926. The number of alkyl halides is 3. The molecule has 0 radical (unpaired) electrons. The summed E-state index contributed by atoms with van der Waals surface area (Å²) in [6, 6.07) is 15.1. The Morgan fingerprint density at radius 3 is 1.91 bits per heavy atom. The average Bonchev–Trinajstić information content (AvgIpc) is 2.56. The fourth-order valence-electron chi connectivity index (χ4n) is 2.23. The van der Waals surface area contributed by atoms with Crippen molar-refractivity contribution in [1.29, 1.82) is 0 Å². The fraction of sp³-hybridized carbons (Fsp3) is 0.222. The van der Waals surface area contributed by atoms with E-state index < -0.39 is 24.3 Å². The van der Waals surface area contributed by atoms with E-state index in [4.69, 9.17) is 0 Å². The second kappa shape index (κ2) is 6.86. The summed E-state index contributed by atoms with van der Waals surface area (Å²) in [5, 5.41) is 19.8. The third-order valence-electron chi connectivity index (χ3n) is 3.50. The van der Waals surface area contributed by atoms with Gasteiger partial charge in [0.2, 0.25) is 5.60 Å². The number of hydrogen-bond donors (Lipinski definition) is 2. The number of benzene rings is 2. The molecule has 0 heterocycles. The molecular weight excluding hydrogens is 305 g/mol. The topological polar surface area (TPSA) is 40.5 Å². The van der Waals surface area contributed by atoms with Crippen molar-refractivity contribution in [2.45, 2.75) is 11.8 Å². The number of aliphatic hydroxyl groups excluding tert-OH is 1. The van der Waals surface area contributed by atoms with Crippen molar-refractivity contribution < 1.29 is 23.4 Å². The molecule has 0 aliphatic rings. The van der Waals surface area contributed by atoms with Crippen LogP contribution in [0.3, 0.4) is 0 Å². The first-order valence-electron chi connectivity index (χ1n) is 6.91. The van der Waals surface area contributed by atoms with Crippen molar-refractivity contribution in [1.82, 2.24) is 0 Å². The molecule has 2 atom stereocenters. The van der Waals surface area contributed by atoms with E-state index in [-0.39, 0.29) is 5.56 Å². The number of halogens is 3. The van der Waals surface area contributed by atoms with E-state index in [1.165, 1.54) is 24.3 Å². The van der Waals surface area contributed by atoms with Crippen LogP contribution in [0.5, 0.6) is 0 Å². The lowest BCUT2D eigenvalue weighted by molar-refractivity contribution is -0.282. The highest BCUT2D eigenvalue weighted by atomic mass is 19.4. The lowest BCUT2D eigenvalue weighted by Crippen LogP contribution is -2.49. The van der Waals surface area contributed by atoms with Crippen LogP contribution in [0.1, 0.15) is 11.1 Å². The maximum atomic E-state index is 13.5. The molecule has 0 aromatic heterocycles. The summed E-state index contributed by atoms with van der Waals surface area (Å²) in [5.41, 5.74) is -3.09. The standard InChI is InChI=1S/C18H15F3O2/c19-18(20,21)17(23,15-9-5-2-6-10-15)16(13-22)12-11-14-7-3-1-4-8-14/h1-10,16,22-23H,13H2/t16-,17+/m0/s1. The Morgan fingerprint density at radius 2 is 1.43 bits per heavy atom. The summed E-state index contributed by atoms with van der Waals surface area (Å²) in [7, 11) is 0. The highest BCUT2D eigenvalue weighted by Gasteiger charge is 2.59. The molecule has 0 aliphatic carbocycles. The Kier molecular flexibility index (Phi) is 5.09. The van der Waals surface area contributed by atoms with Crippen LogP contribution in [0.4, 0.5) is 13.2 Å². The van der Waals surface area contributed by atoms with Crippen molar-refractivity contribution in [3.63, 3.8) is 0 Å². The second-order valence-corrected chi connectivity index (χ2v) is 5.00. The smallest absolute Gasteiger partial charge is 0.395 e. The molecule has 2 aromatic rings. The summed E-state index contributed by atoms with van der Waals surface area (Å²) in [4.78, 5) is 0. The van der Waals surface area contributed by atoms with Gasteiger partial charge >= 0.3 is 6.18 Å². The Morgan fingerprint density at radius 1 is 0.913 bits per heavy atom. The molecule has 2 aromatic carbocycles. The van der Waals surface area contributed by atoms with Gasteiger partial charge in [0.15, 0.2) is 0 Å². The van der Waals surface area contributed by atoms with Gasteiger partial charge in [0, 0.05) is 5.56 Å². The minimum absolute atomic E-state index is 0.353. The summed E-state index contributed by atoms with van der Waals surface area (Å²) >= 11 is 0. The molecule has 0 spiro atoms. The Balaban J connectivity index is 2.48. The van der Waals surface area contributed by atoms with Gasteiger partial charge < -0.3 is 10.2 Å². The van der Waals surface area contributed by atoms with Crippen LogP contribution < -0.4 is 0 Å². The molecule has 0 unspecified atom stereocenters. The average molecular weight is 320 g/mol. The third kappa shape index (κ3) is 3.55. The molecule has 0 aliphatic heterocycles. The van der Waals surface area contributed by atoms with E-state index in [2.05, 4.69) is 11.8 Å². The van der Waals surface area contributed by atoms with Crippen LogP contribution >= 0.6 is 0 Å². The minimum atomic E-state index is -4.98. The van der Waals surface area contributed by atoms with Crippen molar-refractivity contribution in [2.24, 2.45) is 5.92 Å². The van der Waals surface area contributed by atoms with Crippen molar-refractivity contribution in [3.05, 3.63) is 71.8 Å². The lowest BCUT2D eigenvalue weighted by Gasteiger charge is -2.34. The van der Waals surface area contributed by atoms with Gasteiger partial charge in [0.1, 0.15) is 0 Å². The predicted molar refractivity (Wildman–Crippen MR) is 80.3 cm³/mol. The van der Waals surface area contributed by atoms with Gasteiger partial charge in [-0.15, -0.1) is 0 Å². The largest absolute Gasteiger partial charge is 0.422 e. The molecule has 2 nitrogen and oxygen atoms in total. The van der Waals surface area contributed by atoms with Crippen LogP contribution in [0.2, 0.25) is 0 Å². The van der Waals surface area contributed by atoms with Gasteiger partial charge in [-0.2, -0.15) is 13.2 Å². The normalized spacial score (nSPS) is 15.2. The van der Waals surface area contributed by atoms with Crippen LogP contribution in [0, 0.1) is 17.8 Å². The van der Waals surface area contributed by atoms with Crippen LogP contribution in [-0.2, 0) is 5.60 Å². The molecule has 0 saturated carbocycles. The zero-order valence-electron chi connectivity index (χ0n) is 12.1. The molecule has 2 N–H and O–H groups in total. The quantitative estimate of drug-likeness (QED) is 0.853. The maximum Gasteiger partial charge on any atom is 0.422 e. The number of hydrogen-bond acceptors (Lipinski definition) is 2. The van der Waals surface area contributed by atoms with Gasteiger partial charge in [0.05, 0.1) is 12.5 Å². The first-order valence-corrected chi connectivity index (χ1v) is 6.91. The van der Waals surface area contributed by atoms with Gasteiger partial charge in [-0.1, -0.05) is 60.4 Å². The van der Waals surface area contributed by atoms with E-state index in [0.29, 0.717) is 5.56 Å². The van der Waals surface area contributed by atoms with Crippen LogP contribution in [-0.4, -0.2) is 23.0 Å². The number of rotatable bonds is 3. The molecule has 0 fully saturated rings. The summed E-state index contributed by atoms with van der Waals surface area (Å²) in [5.74, 6) is 3.23. The van der Waals surface area contributed by atoms with Gasteiger partial charge in [-0.05, 0) is 17.7 Å². The Hall–Kier alpha value is -2.29. The van der Waals surface area contributed by atoms with Gasteiger partial charge in [0.25, 0.3) is 0 Å². The minimum Gasteiger partial charge on any atom is -0.395 e.